The monoisotopic (exact) mass is 992 g/mol. The Morgan fingerprint density at radius 1 is 0.597 bits per heavy atom. The fourth-order valence-electron chi connectivity index (χ4n) is 8.52. The fourth-order valence-corrected chi connectivity index (χ4v) is 8.52. The van der Waals surface area contributed by atoms with Crippen molar-refractivity contribution in [1.29, 1.82) is 0 Å². The van der Waals surface area contributed by atoms with Gasteiger partial charge >= 0.3 is 0 Å². The van der Waals surface area contributed by atoms with Crippen LogP contribution < -0.4 is 0 Å². The summed E-state index contributed by atoms with van der Waals surface area (Å²) < 4.78 is 2.26. The van der Waals surface area contributed by atoms with Gasteiger partial charge in [0.15, 0.2) is 0 Å². The second-order valence-corrected chi connectivity index (χ2v) is 19.5. The molecule has 62 heavy (non-hydrogen) atoms. The smallest absolute Gasteiger partial charge is 0.148 e. The van der Waals surface area contributed by atoms with Crippen LogP contribution in [0.2, 0.25) is 0 Å². The summed E-state index contributed by atoms with van der Waals surface area (Å²) in [7, 11) is 0. The Labute approximate surface area is 380 Å². The molecule has 0 bridgehead atoms. The molecule has 0 saturated heterocycles. The number of aromatic hydroxyl groups is 1. The summed E-state index contributed by atoms with van der Waals surface area (Å²) >= 11 is 0. The minimum atomic E-state index is -0.331. The summed E-state index contributed by atoms with van der Waals surface area (Å²) in [6.45, 7) is 22.0. The maximum atomic E-state index is 12.5. The van der Waals surface area contributed by atoms with Crippen molar-refractivity contribution < 1.29 is 26.2 Å². The van der Waals surface area contributed by atoms with Crippen molar-refractivity contribution in [3.05, 3.63) is 162 Å². The third kappa shape index (κ3) is 7.66. The number of hydrogen-bond acceptors (Lipinski definition) is 4. The van der Waals surface area contributed by atoms with Crippen LogP contribution in [0.3, 0.4) is 0 Å². The average molecular weight is 993 g/mol. The van der Waals surface area contributed by atoms with E-state index in [4.69, 9.17) is 15.0 Å². The van der Waals surface area contributed by atoms with Gasteiger partial charge in [-0.15, -0.1) is 23.6 Å². The summed E-state index contributed by atoms with van der Waals surface area (Å²) in [4.78, 5) is 15.7. The fraction of sp³-hybridized carbons (Fsp3) is 0.232. The molecule has 9 aromatic rings. The number of phenolic OH excluding ortho intramolecular Hbond substituents is 1. The van der Waals surface area contributed by atoms with Crippen LogP contribution in [0.25, 0.3) is 83.3 Å². The van der Waals surface area contributed by atoms with Crippen LogP contribution in [0.1, 0.15) is 84.7 Å². The van der Waals surface area contributed by atoms with E-state index in [9.17, 15) is 5.11 Å². The zero-order chi connectivity index (χ0) is 43.0. The molecule has 314 valence electrons. The molecule has 0 atom stereocenters. The quantitative estimate of drug-likeness (QED) is 0.138. The standard InChI is InChI=1S/C56H53N4O.Pt/c1-34-41-23-21-38(47-30-37(27-28-57-47)35-17-13-11-14-18-35)29-43(41)50-46(58-34)24-26-49-51(50)59-53(44-32-40(55(5,6)7)33-45(52(44)61)56(8,9)10)60(49)48-25-22-39(54(2,3)4)31-42(48)36-19-15-12-16-20-36;/h11-28,30-33,61H,1-10H3;/q-1;. The number of rotatable bonds is 5. The van der Waals surface area contributed by atoms with E-state index in [-0.39, 0.29) is 43.1 Å². The second-order valence-electron chi connectivity index (χ2n) is 19.5. The van der Waals surface area contributed by atoms with Gasteiger partial charge in [0.2, 0.25) is 0 Å². The summed E-state index contributed by atoms with van der Waals surface area (Å²) in [6, 6.07) is 48.6. The first kappa shape index (κ1) is 42.8. The minimum Gasteiger partial charge on any atom is -0.507 e. The molecule has 1 N–H and O–H groups in total. The van der Waals surface area contributed by atoms with Gasteiger partial charge in [0.25, 0.3) is 0 Å². The Morgan fingerprint density at radius 2 is 1.26 bits per heavy atom. The molecule has 6 heteroatoms. The Balaban J connectivity index is 0.00000529. The summed E-state index contributed by atoms with van der Waals surface area (Å²) in [5, 5.41) is 15.4. The molecule has 9 rings (SSSR count). The Bertz CT molecular complexity index is 3150. The predicted octanol–water partition coefficient (Wildman–Crippen LogP) is 14.5. The van der Waals surface area contributed by atoms with E-state index in [0.717, 1.165) is 88.7 Å². The molecule has 0 saturated carbocycles. The Hall–Kier alpha value is -5.90. The summed E-state index contributed by atoms with van der Waals surface area (Å²) in [6.07, 6.45) is 1.87. The van der Waals surface area contributed by atoms with Gasteiger partial charge in [-0.2, -0.15) is 0 Å². The number of phenols is 1. The Kier molecular flexibility index (Phi) is 10.9. The number of aromatic nitrogens is 4. The number of aryl methyl sites for hydroxylation is 1. The van der Waals surface area contributed by atoms with Crippen LogP contribution in [0.5, 0.6) is 5.75 Å². The van der Waals surface area contributed by atoms with Gasteiger partial charge in [-0.3, -0.25) is 14.5 Å². The number of imidazole rings is 1. The van der Waals surface area contributed by atoms with Crippen LogP contribution in [0.15, 0.2) is 134 Å². The molecule has 0 aliphatic rings. The van der Waals surface area contributed by atoms with E-state index >= 15 is 0 Å². The molecule has 5 nitrogen and oxygen atoms in total. The number of nitrogens with zero attached hydrogens (tertiary/aromatic N) is 4. The molecule has 0 unspecified atom stereocenters. The first-order chi connectivity index (χ1) is 29.0. The normalized spacial score (nSPS) is 12.3. The van der Waals surface area contributed by atoms with E-state index < -0.39 is 0 Å². The van der Waals surface area contributed by atoms with Gasteiger partial charge in [0, 0.05) is 55.3 Å². The van der Waals surface area contributed by atoms with Crippen molar-refractivity contribution in [2.45, 2.75) is 85.5 Å². The molecular formula is C56H53N4OPt-. The first-order valence-electron chi connectivity index (χ1n) is 21.3. The van der Waals surface area contributed by atoms with E-state index in [1.54, 1.807) is 0 Å². The number of fused-ring (bicyclic) bond motifs is 5. The van der Waals surface area contributed by atoms with Gasteiger partial charge in [-0.25, -0.2) is 4.98 Å². The topological polar surface area (TPSA) is 63.8 Å². The molecule has 3 heterocycles. The predicted molar refractivity (Wildman–Crippen MR) is 255 cm³/mol. The van der Waals surface area contributed by atoms with Gasteiger partial charge < -0.3 is 5.11 Å². The van der Waals surface area contributed by atoms with Gasteiger partial charge in [-0.05, 0) is 92.8 Å². The van der Waals surface area contributed by atoms with E-state index in [1.165, 1.54) is 5.56 Å². The minimum absolute atomic E-state index is 0. The van der Waals surface area contributed by atoms with Crippen LogP contribution in [0.4, 0.5) is 0 Å². The van der Waals surface area contributed by atoms with E-state index in [0.29, 0.717) is 11.4 Å². The molecule has 0 aliphatic carbocycles. The molecule has 6 aromatic carbocycles. The SMILES string of the molecule is Cc1nc2ccc3c(nc(-c4cc(C(C)(C)C)cc(C(C)(C)C)c4O)n3-c3ccc(C(C)(C)C)cc3-c3ccccc3)c2c2[c-]c(-c3cc(-c4ccccc4)ccn3)ccc12.[Pt]. The Morgan fingerprint density at radius 3 is 1.92 bits per heavy atom. The van der Waals surface area contributed by atoms with Crippen molar-refractivity contribution >= 4 is 32.7 Å². The van der Waals surface area contributed by atoms with E-state index in [1.807, 2.05) is 18.3 Å². The number of pyridine rings is 2. The molecule has 0 aliphatic heterocycles. The van der Waals surface area contributed by atoms with Crippen molar-refractivity contribution in [2.24, 2.45) is 0 Å². The summed E-state index contributed by atoms with van der Waals surface area (Å²) in [5.74, 6) is 0.908. The molecule has 0 amide bonds. The van der Waals surface area contributed by atoms with Crippen molar-refractivity contribution in [2.75, 3.05) is 0 Å². The van der Waals surface area contributed by atoms with Gasteiger partial charge in [-0.1, -0.05) is 152 Å². The molecule has 0 radical (unpaired) electrons. The van der Waals surface area contributed by atoms with Gasteiger partial charge in [0.1, 0.15) is 11.6 Å². The number of benzene rings is 6. The second kappa shape index (κ2) is 15.8. The zero-order valence-electron chi connectivity index (χ0n) is 37.3. The average Bonchev–Trinajstić information content (AvgIpc) is 3.62. The molecular weight excluding hydrogens is 940 g/mol. The molecule has 0 fully saturated rings. The number of hydrogen-bond donors (Lipinski definition) is 1. The first-order valence-corrected chi connectivity index (χ1v) is 21.3. The van der Waals surface area contributed by atoms with Crippen LogP contribution in [0, 0.1) is 13.0 Å². The molecule has 3 aromatic heterocycles. The molecule has 0 spiro atoms. The summed E-state index contributed by atoms with van der Waals surface area (Å²) in [5.41, 5.74) is 13.9. The maximum absolute atomic E-state index is 12.5. The zero-order valence-corrected chi connectivity index (χ0v) is 39.5. The third-order valence-electron chi connectivity index (χ3n) is 12.0. The third-order valence-corrected chi connectivity index (χ3v) is 12.0. The van der Waals surface area contributed by atoms with Gasteiger partial charge in [0.05, 0.1) is 22.3 Å². The van der Waals surface area contributed by atoms with Crippen LogP contribution in [-0.2, 0) is 37.3 Å². The van der Waals surface area contributed by atoms with Crippen molar-refractivity contribution in [1.82, 2.24) is 19.5 Å². The van der Waals surface area contributed by atoms with Crippen LogP contribution >= 0.6 is 0 Å². The van der Waals surface area contributed by atoms with Crippen molar-refractivity contribution in [3.8, 4) is 56.3 Å². The van der Waals surface area contributed by atoms with Crippen molar-refractivity contribution in [3.63, 3.8) is 0 Å². The van der Waals surface area contributed by atoms with Crippen LogP contribution in [-0.4, -0.2) is 24.6 Å². The van der Waals surface area contributed by atoms with E-state index in [2.05, 4.69) is 195 Å². The largest absolute Gasteiger partial charge is 0.507 e. The maximum Gasteiger partial charge on any atom is 0.148 e.